The van der Waals surface area contributed by atoms with Crippen molar-refractivity contribution in [1.29, 1.82) is 0 Å². The van der Waals surface area contributed by atoms with Crippen molar-refractivity contribution in [2.24, 2.45) is 0 Å². The number of benzene rings is 4. The molecule has 0 aliphatic carbocycles. The number of ether oxygens (including phenoxy) is 2. The van der Waals surface area contributed by atoms with E-state index in [-0.39, 0.29) is 11.5 Å². The molecule has 2 aliphatic rings. The third-order valence-corrected chi connectivity index (χ3v) is 8.73. The Labute approximate surface area is 245 Å². The van der Waals surface area contributed by atoms with Gasteiger partial charge in [-0.25, -0.2) is 0 Å². The van der Waals surface area contributed by atoms with Gasteiger partial charge in [0, 0.05) is 24.2 Å². The summed E-state index contributed by atoms with van der Waals surface area (Å²) in [6, 6.07) is 36.8. The summed E-state index contributed by atoms with van der Waals surface area (Å²) in [6.07, 6.45) is 4.00. The van der Waals surface area contributed by atoms with Gasteiger partial charge in [0.25, 0.3) is 0 Å². The lowest BCUT2D eigenvalue weighted by Crippen LogP contribution is -2.33. The van der Waals surface area contributed by atoms with E-state index in [0.29, 0.717) is 6.61 Å². The number of rotatable bonds is 10. The Bertz CT molecular complexity index is 1400. The lowest BCUT2D eigenvalue weighted by atomic mass is 9.77. The first-order chi connectivity index (χ1) is 20.1. The van der Waals surface area contributed by atoms with E-state index >= 15 is 0 Å². The zero-order valence-electron chi connectivity index (χ0n) is 24.5. The van der Waals surface area contributed by atoms with Crippen LogP contribution in [0.15, 0.2) is 103 Å². The monoisotopic (exact) mass is 546 g/mol. The van der Waals surface area contributed by atoms with E-state index in [2.05, 4.69) is 121 Å². The molecule has 0 aromatic heterocycles. The Morgan fingerprint density at radius 1 is 0.707 bits per heavy atom. The van der Waals surface area contributed by atoms with Gasteiger partial charge >= 0.3 is 0 Å². The Hall–Kier alpha value is -3.76. The third kappa shape index (κ3) is 6.28. The van der Waals surface area contributed by atoms with Crippen LogP contribution in [-0.2, 0) is 18.6 Å². The molecule has 0 N–H and O–H groups in total. The van der Waals surface area contributed by atoms with Crippen molar-refractivity contribution >= 4 is 5.69 Å². The SMILES string of the molecule is CC1(C)c2cc(OCc3ccccc3)ccc2N(Cc2ccc(OCCN3CCCCC3)cc2)C1c1ccccc1. The fourth-order valence-corrected chi connectivity index (χ4v) is 6.56. The van der Waals surface area contributed by atoms with Gasteiger partial charge in [-0.3, -0.25) is 4.90 Å². The minimum absolute atomic E-state index is 0.0969. The van der Waals surface area contributed by atoms with Crippen LogP contribution in [-0.4, -0.2) is 31.1 Å². The number of nitrogens with zero attached hydrogens (tertiary/aromatic N) is 2. The van der Waals surface area contributed by atoms with Crippen LogP contribution in [0.3, 0.4) is 0 Å². The van der Waals surface area contributed by atoms with Crippen LogP contribution >= 0.6 is 0 Å². The molecule has 212 valence electrons. The van der Waals surface area contributed by atoms with Crippen molar-refractivity contribution in [1.82, 2.24) is 4.90 Å². The van der Waals surface area contributed by atoms with Crippen LogP contribution in [0.25, 0.3) is 0 Å². The number of likely N-dealkylation sites (tertiary alicyclic amines) is 1. The summed E-state index contributed by atoms with van der Waals surface area (Å²) >= 11 is 0. The van der Waals surface area contributed by atoms with Crippen LogP contribution < -0.4 is 14.4 Å². The van der Waals surface area contributed by atoms with Gasteiger partial charge in [-0.1, -0.05) is 93.1 Å². The molecule has 2 aliphatic heterocycles. The minimum atomic E-state index is -0.0969. The summed E-state index contributed by atoms with van der Waals surface area (Å²) in [7, 11) is 0. The van der Waals surface area contributed by atoms with Crippen molar-refractivity contribution in [3.63, 3.8) is 0 Å². The number of anilines is 1. The summed E-state index contributed by atoms with van der Waals surface area (Å²) in [5.74, 6) is 1.87. The number of piperidine rings is 1. The maximum atomic E-state index is 6.25. The van der Waals surface area contributed by atoms with Crippen molar-refractivity contribution in [2.45, 2.75) is 57.7 Å². The molecule has 4 aromatic rings. The molecule has 4 heteroatoms. The van der Waals surface area contributed by atoms with Gasteiger partial charge in [-0.05, 0) is 78.5 Å². The summed E-state index contributed by atoms with van der Waals surface area (Å²) in [6.45, 7) is 10.3. The summed E-state index contributed by atoms with van der Waals surface area (Å²) in [5.41, 5.74) is 6.29. The fraction of sp³-hybridized carbons (Fsp3) is 0.351. The smallest absolute Gasteiger partial charge is 0.120 e. The number of fused-ring (bicyclic) bond motifs is 1. The van der Waals surface area contributed by atoms with E-state index in [0.717, 1.165) is 31.2 Å². The lowest BCUT2D eigenvalue weighted by molar-refractivity contribution is 0.183. The zero-order chi connectivity index (χ0) is 28.1. The summed E-state index contributed by atoms with van der Waals surface area (Å²) < 4.78 is 12.4. The molecule has 1 unspecified atom stereocenters. The molecule has 0 saturated carbocycles. The molecule has 1 saturated heterocycles. The fourth-order valence-electron chi connectivity index (χ4n) is 6.56. The lowest BCUT2D eigenvalue weighted by Gasteiger charge is -2.35. The summed E-state index contributed by atoms with van der Waals surface area (Å²) in [5, 5.41) is 0. The van der Waals surface area contributed by atoms with Crippen LogP contribution in [0.1, 0.15) is 61.4 Å². The van der Waals surface area contributed by atoms with Crippen LogP contribution in [0, 0.1) is 0 Å². The van der Waals surface area contributed by atoms with Gasteiger partial charge in [0.05, 0.1) is 6.04 Å². The van der Waals surface area contributed by atoms with E-state index in [1.165, 1.54) is 60.3 Å². The Balaban J connectivity index is 1.20. The van der Waals surface area contributed by atoms with Gasteiger partial charge in [0.2, 0.25) is 0 Å². The van der Waals surface area contributed by atoms with E-state index in [1.54, 1.807) is 0 Å². The maximum Gasteiger partial charge on any atom is 0.120 e. The van der Waals surface area contributed by atoms with Gasteiger partial charge < -0.3 is 14.4 Å². The highest BCUT2D eigenvalue weighted by Crippen LogP contribution is 2.54. The van der Waals surface area contributed by atoms with Crippen LogP contribution in [0.4, 0.5) is 5.69 Å². The van der Waals surface area contributed by atoms with Crippen LogP contribution in [0.2, 0.25) is 0 Å². The predicted molar refractivity (Wildman–Crippen MR) is 168 cm³/mol. The molecule has 2 heterocycles. The van der Waals surface area contributed by atoms with Crippen molar-refractivity contribution in [3.05, 3.63) is 125 Å². The van der Waals surface area contributed by atoms with Crippen molar-refractivity contribution in [3.8, 4) is 11.5 Å². The second-order valence-electron chi connectivity index (χ2n) is 12.0. The minimum Gasteiger partial charge on any atom is -0.492 e. The van der Waals surface area contributed by atoms with E-state index < -0.39 is 0 Å². The molecule has 6 rings (SSSR count). The highest BCUT2D eigenvalue weighted by atomic mass is 16.5. The van der Waals surface area contributed by atoms with Gasteiger partial charge in [-0.15, -0.1) is 0 Å². The third-order valence-electron chi connectivity index (χ3n) is 8.73. The van der Waals surface area contributed by atoms with Gasteiger partial charge in [-0.2, -0.15) is 0 Å². The quantitative estimate of drug-likeness (QED) is 0.200. The second kappa shape index (κ2) is 12.4. The Morgan fingerprint density at radius 2 is 1.39 bits per heavy atom. The molecule has 4 nitrogen and oxygen atoms in total. The molecule has 0 spiro atoms. The number of hydrogen-bond acceptors (Lipinski definition) is 4. The van der Waals surface area contributed by atoms with Gasteiger partial charge in [0.15, 0.2) is 0 Å². The molecule has 1 fully saturated rings. The second-order valence-corrected chi connectivity index (χ2v) is 12.0. The zero-order valence-corrected chi connectivity index (χ0v) is 24.5. The molecular weight excluding hydrogens is 504 g/mol. The van der Waals surface area contributed by atoms with E-state index in [9.17, 15) is 0 Å². The maximum absolute atomic E-state index is 6.25. The molecule has 4 aromatic carbocycles. The molecule has 0 amide bonds. The molecule has 1 atom stereocenters. The number of hydrogen-bond donors (Lipinski definition) is 0. The average Bonchev–Trinajstić information content (AvgIpc) is 3.23. The molecular formula is C37H42N2O2. The molecule has 41 heavy (non-hydrogen) atoms. The predicted octanol–water partition coefficient (Wildman–Crippen LogP) is 8.17. The standard InChI is InChI=1S/C37H42N2O2/c1-37(2)34-26-33(41-28-30-12-6-3-7-13-30)20-21-35(34)39(36(37)31-14-8-4-9-15-31)27-29-16-18-32(19-17-29)40-25-24-38-22-10-5-11-23-38/h3-4,6-9,12-21,26,36H,5,10-11,22-25,27-28H2,1-2H3. The molecule has 0 radical (unpaired) electrons. The normalized spacial score (nSPS) is 18.2. The van der Waals surface area contributed by atoms with Crippen molar-refractivity contribution < 1.29 is 9.47 Å². The first-order valence-corrected chi connectivity index (χ1v) is 15.1. The first kappa shape index (κ1) is 27.4. The van der Waals surface area contributed by atoms with Crippen LogP contribution in [0.5, 0.6) is 11.5 Å². The van der Waals surface area contributed by atoms with Crippen molar-refractivity contribution in [2.75, 3.05) is 31.1 Å². The first-order valence-electron chi connectivity index (χ1n) is 15.1. The average molecular weight is 547 g/mol. The molecule has 0 bridgehead atoms. The highest BCUT2D eigenvalue weighted by molar-refractivity contribution is 5.67. The van der Waals surface area contributed by atoms with E-state index in [4.69, 9.17) is 9.47 Å². The highest BCUT2D eigenvalue weighted by Gasteiger charge is 2.45. The van der Waals surface area contributed by atoms with Gasteiger partial charge in [0.1, 0.15) is 24.7 Å². The largest absolute Gasteiger partial charge is 0.492 e. The Morgan fingerprint density at radius 3 is 2.12 bits per heavy atom. The van der Waals surface area contributed by atoms with E-state index in [1.807, 2.05) is 6.07 Å². The Kier molecular flexibility index (Phi) is 8.29. The summed E-state index contributed by atoms with van der Waals surface area (Å²) in [4.78, 5) is 5.09. The topological polar surface area (TPSA) is 24.9 Å².